The fourth-order valence-electron chi connectivity index (χ4n) is 1.60. The highest BCUT2D eigenvalue weighted by Gasteiger charge is 2.13. The highest BCUT2D eigenvalue weighted by Crippen LogP contribution is 2.28. The minimum Gasteiger partial charge on any atom is -0.388 e. The van der Waals surface area contributed by atoms with Crippen LogP contribution in [0.25, 0.3) is 6.08 Å². The minimum absolute atomic E-state index is 0.404. The molecule has 0 fully saturated rings. The summed E-state index contributed by atoms with van der Waals surface area (Å²) in [5, 5.41) is 9.81. The van der Waals surface area contributed by atoms with Crippen LogP contribution in [0.5, 0.6) is 0 Å². The van der Waals surface area contributed by atoms with E-state index in [4.69, 9.17) is 0 Å². The quantitative estimate of drug-likeness (QED) is 0.638. The summed E-state index contributed by atoms with van der Waals surface area (Å²) in [7, 11) is 0. The molecule has 0 aliphatic heterocycles. The molecule has 0 saturated carbocycles. The molecule has 1 unspecified atom stereocenters. The molecule has 1 nitrogen and oxygen atoms in total. The molecule has 13 heavy (non-hydrogen) atoms. The molecule has 0 spiro atoms. The Morgan fingerprint density at radius 2 is 2.00 bits per heavy atom. The zero-order chi connectivity index (χ0) is 9.26. The van der Waals surface area contributed by atoms with Gasteiger partial charge in [-0.25, -0.2) is 0 Å². The van der Waals surface area contributed by atoms with Crippen molar-refractivity contribution in [3.8, 4) is 0 Å². The van der Waals surface area contributed by atoms with Gasteiger partial charge in [0.1, 0.15) is 0 Å². The van der Waals surface area contributed by atoms with Gasteiger partial charge in [0, 0.05) is 6.42 Å². The Morgan fingerprint density at radius 1 is 1.23 bits per heavy atom. The van der Waals surface area contributed by atoms with Crippen LogP contribution in [0.4, 0.5) is 0 Å². The van der Waals surface area contributed by atoms with Crippen molar-refractivity contribution in [2.45, 2.75) is 12.5 Å². The number of hydrogen-bond donors (Lipinski definition) is 1. The number of rotatable bonds is 0. The molecule has 0 aromatic heterocycles. The summed E-state index contributed by atoms with van der Waals surface area (Å²) in [5.41, 5.74) is 3.06. The van der Waals surface area contributed by atoms with Crippen molar-refractivity contribution in [2.75, 3.05) is 0 Å². The van der Waals surface area contributed by atoms with Gasteiger partial charge < -0.3 is 5.11 Å². The van der Waals surface area contributed by atoms with Crippen LogP contribution in [0.2, 0.25) is 0 Å². The third kappa shape index (κ3) is 1.56. The summed E-state index contributed by atoms with van der Waals surface area (Å²) < 4.78 is 0. The Morgan fingerprint density at radius 3 is 2.85 bits per heavy atom. The van der Waals surface area contributed by atoms with Crippen molar-refractivity contribution in [3.63, 3.8) is 0 Å². The molecule has 1 aromatic carbocycles. The van der Waals surface area contributed by atoms with Crippen LogP contribution in [-0.4, -0.2) is 5.11 Å². The number of allylic oxidation sites excluding steroid dienone is 1. The van der Waals surface area contributed by atoms with Gasteiger partial charge in [-0.15, -0.1) is 0 Å². The Kier molecular flexibility index (Phi) is 2.03. The monoisotopic (exact) mass is 172 g/mol. The van der Waals surface area contributed by atoms with E-state index >= 15 is 0 Å². The van der Waals surface area contributed by atoms with E-state index in [9.17, 15) is 5.11 Å². The maximum atomic E-state index is 9.81. The molecule has 0 amide bonds. The minimum atomic E-state index is -0.404. The molecular weight excluding hydrogens is 160 g/mol. The molecular formula is C12H12O. The van der Waals surface area contributed by atoms with Crippen molar-refractivity contribution < 1.29 is 5.11 Å². The summed E-state index contributed by atoms with van der Waals surface area (Å²) in [5.74, 6) is 0. The number of benzene rings is 1. The molecule has 1 N–H and O–H groups in total. The Hall–Kier alpha value is -1.34. The molecule has 0 radical (unpaired) electrons. The van der Waals surface area contributed by atoms with Gasteiger partial charge >= 0.3 is 0 Å². The van der Waals surface area contributed by atoms with Crippen LogP contribution >= 0.6 is 0 Å². The second kappa shape index (κ2) is 3.19. The van der Waals surface area contributed by atoms with Crippen LogP contribution in [-0.2, 0) is 0 Å². The topological polar surface area (TPSA) is 20.2 Å². The predicted molar refractivity (Wildman–Crippen MR) is 54.2 cm³/mol. The van der Waals surface area contributed by atoms with Gasteiger partial charge in [-0.1, -0.05) is 48.6 Å². The van der Waals surface area contributed by atoms with Gasteiger partial charge in [0.25, 0.3) is 0 Å². The van der Waals surface area contributed by atoms with E-state index in [-0.39, 0.29) is 0 Å². The molecule has 2 rings (SSSR count). The standard InChI is InChI=1S/C12H12O/c1-9-6-7-10-4-2-3-5-11(10)12(13)8-9/h2-7,12-13H,1,8H2. The zero-order valence-corrected chi connectivity index (χ0v) is 7.40. The van der Waals surface area contributed by atoms with E-state index < -0.39 is 6.10 Å². The predicted octanol–water partition coefficient (Wildman–Crippen LogP) is 2.69. The molecule has 1 aliphatic carbocycles. The third-order valence-electron chi connectivity index (χ3n) is 2.31. The van der Waals surface area contributed by atoms with E-state index in [0.29, 0.717) is 6.42 Å². The lowest BCUT2D eigenvalue weighted by Gasteiger charge is -2.10. The number of aliphatic hydroxyl groups excluding tert-OH is 1. The van der Waals surface area contributed by atoms with Crippen LogP contribution in [0.15, 0.2) is 42.5 Å². The van der Waals surface area contributed by atoms with Gasteiger partial charge in [-0.3, -0.25) is 0 Å². The lowest BCUT2D eigenvalue weighted by atomic mass is 10.0. The van der Waals surface area contributed by atoms with E-state index in [1.165, 1.54) is 0 Å². The first-order valence-electron chi connectivity index (χ1n) is 4.40. The Labute approximate surface area is 78.0 Å². The molecule has 1 aromatic rings. The van der Waals surface area contributed by atoms with Crippen molar-refractivity contribution in [3.05, 3.63) is 53.6 Å². The molecule has 1 aliphatic rings. The molecule has 1 heteroatoms. The van der Waals surface area contributed by atoms with Crippen molar-refractivity contribution >= 4 is 6.08 Å². The average Bonchev–Trinajstić information content (AvgIpc) is 2.27. The summed E-state index contributed by atoms with van der Waals surface area (Å²) >= 11 is 0. The van der Waals surface area contributed by atoms with Gasteiger partial charge in [-0.05, 0) is 11.1 Å². The second-order valence-electron chi connectivity index (χ2n) is 3.34. The lowest BCUT2D eigenvalue weighted by Crippen LogP contribution is -1.97. The first-order valence-corrected chi connectivity index (χ1v) is 4.40. The second-order valence-corrected chi connectivity index (χ2v) is 3.34. The van der Waals surface area contributed by atoms with Gasteiger partial charge in [0.05, 0.1) is 6.10 Å². The van der Waals surface area contributed by atoms with Crippen LogP contribution in [0.1, 0.15) is 23.7 Å². The largest absolute Gasteiger partial charge is 0.388 e. The van der Waals surface area contributed by atoms with E-state index in [1.807, 2.05) is 36.4 Å². The normalized spacial score (nSPS) is 21.0. The van der Waals surface area contributed by atoms with Crippen molar-refractivity contribution in [2.24, 2.45) is 0 Å². The van der Waals surface area contributed by atoms with Gasteiger partial charge in [-0.2, -0.15) is 0 Å². The van der Waals surface area contributed by atoms with E-state index in [2.05, 4.69) is 6.58 Å². The summed E-state index contributed by atoms with van der Waals surface area (Å²) in [6, 6.07) is 7.89. The van der Waals surface area contributed by atoms with Crippen molar-refractivity contribution in [1.29, 1.82) is 0 Å². The first-order chi connectivity index (χ1) is 6.27. The summed E-state index contributed by atoms with van der Waals surface area (Å²) in [6.45, 7) is 3.86. The first kappa shape index (κ1) is 8.27. The molecule has 66 valence electrons. The highest BCUT2D eigenvalue weighted by atomic mass is 16.3. The van der Waals surface area contributed by atoms with Gasteiger partial charge in [0.15, 0.2) is 0 Å². The SMILES string of the molecule is C=C1C=Cc2ccccc2C(O)C1. The average molecular weight is 172 g/mol. The fraction of sp³-hybridized carbons (Fsp3) is 0.167. The summed E-state index contributed by atoms with van der Waals surface area (Å²) in [4.78, 5) is 0. The van der Waals surface area contributed by atoms with Crippen LogP contribution in [0.3, 0.4) is 0 Å². The molecule has 0 bridgehead atoms. The molecule has 0 heterocycles. The van der Waals surface area contributed by atoms with E-state index in [1.54, 1.807) is 0 Å². The van der Waals surface area contributed by atoms with Crippen LogP contribution in [0, 0.1) is 0 Å². The maximum Gasteiger partial charge on any atom is 0.0835 e. The zero-order valence-electron chi connectivity index (χ0n) is 7.40. The van der Waals surface area contributed by atoms with E-state index in [0.717, 1.165) is 16.7 Å². The smallest absolute Gasteiger partial charge is 0.0835 e. The number of aliphatic hydroxyl groups is 1. The Balaban J connectivity index is 2.51. The van der Waals surface area contributed by atoms with Gasteiger partial charge in [0.2, 0.25) is 0 Å². The lowest BCUT2D eigenvalue weighted by molar-refractivity contribution is 0.179. The maximum absolute atomic E-state index is 9.81. The Bertz CT molecular complexity index is 363. The molecule has 1 atom stereocenters. The highest BCUT2D eigenvalue weighted by molar-refractivity contribution is 5.58. The number of hydrogen-bond acceptors (Lipinski definition) is 1. The van der Waals surface area contributed by atoms with Crippen LogP contribution < -0.4 is 0 Å². The molecule has 0 saturated heterocycles. The van der Waals surface area contributed by atoms with Crippen molar-refractivity contribution in [1.82, 2.24) is 0 Å². The third-order valence-corrected chi connectivity index (χ3v) is 2.31. The summed E-state index contributed by atoms with van der Waals surface area (Å²) in [6.07, 6.45) is 4.20. The fourth-order valence-corrected chi connectivity index (χ4v) is 1.60. The number of fused-ring (bicyclic) bond motifs is 1.